The standard InChI is InChI=1S/C19H21N3O3S/c1-2-16(14-23)21-26(24,25)18-13-22(17-11-7-4-8-12-17)20-19(18)15-9-5-3-6-10-15/h3-13,16,21,23H,2,14H2,1H3. The first-order valence-corrected chi connectivity index (χ1v) is 9.87. The number of sulfonamides is 1. The zero-order chi connectivity index (χ0) is 18.6. The number of benzene rings is 2. The predicted octanol–water partition coefficient (Wildman–Crippen LogP) is 2.59. The highest BCUT2D eigenvalue weighted by atomic mass is 32.2. The van der Waals surface area contributed by atoms with Gasteiger partial charge in [-0.1, -0.05) is 55.5 Å². The van der Waals surface area contributed by atoms with E-state index >= 15 is 0 Å². The van der Waals surface area contributed by atoms with Gasteiger partial charge in [-0.25, -0.2) is 17.8 Å². The molecule has 1 atom stereocenters. The van der Waals surface area contributed by atoms with E-state index in [1.54, 1.807) is 4.68 Å². The summed E-state index contributed by atoms with van der Waals surface area (Å²) in [6.45, 7) is 1.55. The number of para-hydroxylation sites is 1. The molecule has 0 fully saturated rings. The zero-order valence-corrected chi connectivity index (χ0v) is 15.2. The molecule has 0 aliphatic carbocycles. The first kappa shape index (κ1) is 18.3. The second kappa shape index (κ2) is 7.82. The fourth-order valence-corrected chi connectivity index (χ4v) is 4.06. The van der Waals surface area contributed by atoms with Crippen molar-refractivity contribution in [3.05, 3.63) is 66.9 Å². The molecule has 0 aliphatic heterocycles. The van der Waals surface area contributed by atoms with Crippen molar-refractivity contribution in [1.29, 1.82) is 0 Å². The molecule has 7 heteroatoms. The van der Waals surface area contributed by atoms with Crippen LogP contribution in [0.4, 0.5) is 0 Å². The highest BCUT2D eigenvalue weighted by molar-refractivity contribution is 7.89. The van der Waals surface area contributed by atoms with Crippen LogP contribution < -0.4 is 4.72 Å². The summed E-state index contributed by atoms with van der Waals surface area (Å²) >= 11 is 0. The normalized spacial score (nSPS) is 12.8. The Hall–Kier alpha value is -2.48. The van der Waals surface area contributed by atoms with Crippen molar-refractivity contribution in [1.82, 2.24) is 14.5 Å². The Bertz CT molecular complexity index is 950. The van der Waals surface area contributed by atoms with Gasteiger partial charge in [-0.3, -0.25) is 0 Å². The molecule has 1 aromatic heterocycles. The molecule has 1 heterocycles. The molecule has 0 radical (unpaired) electrons. The minimum Gasteiger partial charge on any atom is -0.395 e. The number of aliphatic hydroxyl groups excluding tert-OH is 1. The summed E-state index contributed by atoms with van der Waals surface area (Å²) < 4.78 is 30.0. The van der Waals surface area contributed by atoms with Crippen LogP contribution >= 0.6 is 0 Å². The van der Waals surface area contributed by atoms with Gasteiger partial charge in [0.2, 0.25) is 10.0 Å². The van der Waals surface area contributed by atoms with E-state index < -0.39 is 16.1 Å². The Balaban J connectivity index is 2.12. The number of nitrogens with zero attached hydrogens (tertiary/aromatic N) is 2. The van der Waals surface area contributed by atoms with Crippen LogP contribution in [0.3, 0.4) is 0 Å². The molecule has 0 saturated heterocycles. The van der Waals surface area contributed by atoms with Crippen molar-refractivity contribution in [2.45, 2.75) is 24.3 Å². The van der Waals surface area contributed by atoms with Crippen LogP contribution in [0.2, 0.25) is 0 Å². The van der Waals surface area contributed by atoms with E-state index in [1.165, 1.54) is 6.20 Å². The maximum Gasteiger partial charge on any atom is 0.244 e. The van der Waals surface area contributed by atoms with Crippen molar-refractivity contribution >= 4 is 10.0 Å². The molecule has 6 nitrogen and oxygen atoms in total. The lowest BCUT2D eigenvalue weighted by Crippen LogP contribution is -2.37. The highest BCUT2D eigenvalue weighted by Gasteiger charge is 2.26. The molecular formula is C19H21N3O3S. The van der Waals surface area contributed by atoms with Crippen LogP contribution in [0.15, 0.2) is 71.8 Å². The Morgan fingerprint density at radius 3 is 2.27 bits per heavy atom. The lowest BCUT2D eigenvalue weighted by Gasteiger charge is -2.14. The van der Waals surface area contributed by atoms with E-state index in [4.69, 9.17) is 0 Å². The van der Waals surface area contributed by atoms with Crippen LogP contribution in [0.5, 0.6) is 0 Å². The second-order valence-corrected chi connectivity index (χ2v) is 7.58. The minimum atomic E-state index is -3.84. The van der Waals surface area contributed by atoms with Gasteiger partial charge in [-0.05, 0) is 18.6 Å². The van der Waals surface area contributed by atoms with Crippen LogP contribution in [0, 0.1) is 0 Å². The average Bonchev–Trinajstić information content (AvgIpc) is 3.14. The van der Waals surface area contributed by atoms with E-state index in [-0.39, 0.29) is 11.5 Å². The van der Waals surface area contributed by atoms with Crippen LogP contribution in [-0.4, -0.2) is 36.0 Å². The maximum absolute atomic E-state index is 12.9. The number of rotatable bonds is 7. The molecule has 2 N–H and O–H groups in total. The number of nitrogens with one attached hydrogen (secondary N) is 1. The topological polar surface area (TPSA) is 84.2 Å². The maximum atomic E-state index is 12.9. The predicted molar refractivity (Wildman–Crippen MR) is 100 cm³/mol. The summed E-state index contributed by atoms with van der Waals surface area (Å²) in [6, 6.07) is 18.0. The lowest BCUT2D eigenvalue weighted by atomic mass is 10.2. The second-order valence-electron chi connectivity index (χ2n) is 5.90. The minimum absolute atomic E-state index is 0.0828. The Morgan fingerprint density at radius 1 is 1.08 bits per heavy atom. The van der Waals surface area contributed by atoms with Gasteiger partial charge in [0.05, 0.1) is 18.5 Å². The van der Waals surface area contributed by atoms with E-state index in [0.29, 0.717) is 17.7 Å². The van der Waals surface area contributed by atoms with E-state index in [2.05, 4.69) is 9.82 Å². The van der Waals surface area contributed by atoms with E-state index in [0.717, 1.165) is 5.69 Å². The number of aromatic nitrogens is 2. The molecule has 2 aromatic carbocycles. The number of aliphatic hydroxyl groups is 1. The fraction of sp³-hybridized carbons (Fsp3) is 0.211. The summed E-state index contributed by atoms with van der Waals surface area (Å²) in [7, 11) is -3.84. The zero-order valence-electron chi connectivity index (χ0n) is 14.4. The monoisotopic (exact) mass is 371 g/mol. The molecular weight excluding hydrogens is 350 g/mol. The van der Waals surface area contributed by atoms with Gasteiger partial charge in [0.25, 0.3) is 0 Å². The third-order valence-corrected chi connectivity index (χ3v) is 5.59. The quantitative estimate of drug-likeness (QED) is 0.669. The summed E-state index contributed by atoms with van der Waals surface area (Å²) in [6.07, 6.45) is 1.99. The van der Waals surface area contributed by atoms with Gasteiger partial charge in [0, 0.05) is 11.6 Å². The van der Waals surface area contributed by atoms with Crippen molar-refractivity contribution in [3.8, 4) is 16.9 Å². The number of hydrogen-bond acceptors (Lipinski definition) is 4. The first-order chi connectivity index (χ1) is 12.5. The summed E-state index contributed by atoms with van der Waals surface area (Å²) in [5, 5.41) is 13.9. The molecule has 136 valence electrons. The van der Waals surface area contributed by atoms with Crippen LogP contribution in [0.25, 0.3) is 16.9 Å². The van der Waals surface area contributed by atoms with Gasteiger partial charge in [0.1, 0.15) is 10.6 Å². The van der Waals surface area contributed by atoms with Gasteiger partial charge in [-0.2, -0.15) is 5.10 Å². The largest absolute Gasteiger partial charge is 0.395 e. The van der Waals surface area contributed by atoms with Crippen molar-refractivity contribution < 1.29 is 13.5 Å². The first-order valence-electron chi connectivity index (χ1n) is 8.39. The molecule has 0 aliphatic rings. The molecule has 0 saturated carbocycles. The van der Waals surface area contributed by atoms with Gasteiger partial charge < -0.3 is 5.11 Å². The molecule has 3 rings (SSSR count). The van der Waals surface area contributed by atoms with Gasteiger partial charge in [-0.15, -0.1) is 0 Å². The SMILES string of the molecule is CCC(CO)NS(=O)(=O)c1cn(-c2ccccc2)nc1-c1ccccc1. The Labute approximate surface area is 153 Å². The third-order valence-electron chi connectivity index (χ3n) is 4.07. The molecule has 0 bridgehead atoms. The van der Waals surface area contributed by atoms with Gasteiger partial charge >= 0.3 is 0 Å². The lowest BCUT2D eigenvalue weighted by molar-refractivity contribution is 0.254. The third kappa shape index (κ3) is 3.85. The van der Waals surface area contributed by atoms with E-state index in [9.17, 15) is 13.5 Å². The summed E-state index contributed by atoms with van der Waals surface area (Å²) in [5.74, 6) is 0. The number of hydrogen-bond donors (Lipinski definition) is 2. The molecule has 0 amide bonds. The van der Waals surface area contributed by atoms with Crippen LogP contribution in [-0.2, 0) is 10.0 Å². The smallest absolute Gasteiger partial charge is 0.244 e. The molecule has 3 aromatic rings. The van der Waals surface area contributed by atoms with Gasteiger partial charge in [0.15, 0.2) is 0 Å². The van der Waals surface area contributed by atoms with E-state index in [1.807, 2.05) is 67.6 Å². The van der Waals surface area contributed by atoms with Crippen LogP contribution in [0.1, 0.15) is 13.3 Å². The summed E-state index contributed by atoms with van der Waals surface area (Å²) in [4.78, 5) is 0.0828. The van der Waals surface area contributed by atoms with Crippen molar-refractivity contribution in [2.75, 3.05) is 6.61 Å². The molecule has 1 unspecified atom stereocenters. The van der Waals surface area contributed by atoms with Crippen molar-refractivity contribution in [3.63, 3.8) is 0 Å². The summed E-state index contributed by atoms with van der Waals surface area (Å²) in [5.41, 5.74) is 1.84. The van der Waals surface area contributed by atoms with Crippen molar-refractivity contribution in [2.24, 2.45) is 0 Å². The highest BCUT2D eigenvalue weighted by Crippen LogP contribution is 2.27. The average molecular weight is 371 g/mol. The fourth-order valence-electron chi connectivity index (χ4n) is 2.60. The Kier molecular flexibility index (Phi) is 5.51. The molecule has 0 spiro atoms. The Morgan fingerprint density at radius 2 is 1.69 bits per heavy atom. The molecule has 26 heavy (non-hydrogen) atoms.